The molecule has 1 unspecified atom stereocenters. The van der Waals surface area contributed by atoms with Crippen molar-refractivity contribution >= 4 is 23.2 Å². The Morgan fingerprint density at radius 2 is 2.38 bits per heavy atom. The maximum atomic E-state index is 12.4. The van der Waals surface area contributed by atoms with E-state index in [2.05, 4.69) is 0 Å². The molecule has 110 valence electrons. The van der Waals surface area contributed by atoms with Crippen molar-refractivity contribution in [3.63, 3.8) is 0 Å². The van der Waals surface area contributed by atoms with E-state index in [0.29, 0.717) is 12.1 Å². The number of rotatable bonds is 4. The number of hydrogen-bond donors (Lipinski definition) is 0. The van der Waals surface area contributed by atoms with Gasteiger partial charge in [-0.05, 0) is 37.1 Å². The second kappa shape index (κ2) is 5.86. The van der Waals surface area contributed by atoms with Gasteiger partial charge in [-0.2, -0.15) is 5.26 Å². The van der Waals surface area contributed by atoms with Crippen molar-refractivity contribution in [2.45, 2.75) is 31.8 Å². The molecule has 5 nitrogen and oxygen atoms in total. The molecule has 21 heavy (non-hydrogen) atoms. The lowest BCUT2D eigenvalue weighted by Crippen LogP contribution is -2.37. The minimum absolute atomic E-state index is 0.0704. The van der Waals surface area contributed by atoms with Gasteiger partial charge in [-0.15, -0.1) is 11.3 Å². The molecular weight excluding hydrogens is 288 g/mol. The quantitative estimate of drug-likeness (QED) is 0.798. The number of esters is 1. The van der Waals surface area contributed by atoms with Gasteiger partial charge in [0.2, 0.25) is 0 Å². The molecule has 6 heteroatoms. The van der Waals surface area contributed by atoms with E-state index in [1.54, 1.807) is 11.3 Å². The Balaban J connectivity index is 1.63. The molecule has 3 rings (SSSR count). The van der Waals surface area contributed by atoms with Crippen LogP contribution in [0, 0.1) is 17.2 Å². The number of thiophene rings is 1. The van der Waals surface area contributed by atoms with Crippen molar-refractivity contribution in [2.75, 3.05) is 13.1 Å². The second-order valence-electron chi connectivity index (χ2n) is 5.46. The monoisotopic (exact) mass is 304 g/mol. The number of carbonyl (C=O) groups excluding carboxylic acids is 2. The molecule has 0 N–H and O–H groups in total. The highest BCUT2D eigenvalue weighted by Crippen LogP contribution is 2.34. The van der Waals surface area contributed by atoms with Crippen LogP contribution in [0.1, 0.15) is 34.5 Å². The highest BCUT2D eigenvalue weighted by Gasteiger charge is 2.35. The molecule has 1 amide bonds. The number of hydrogen-bond acceptors (Lipinski definition) is 5. The summed E-state index contributed by atoms with van der Waals surface area (Å²) in [6.07, 6.45) is 2.93. The van der Waals surface area contributed by atoms with Gasteiger partial charge in [0.25, 0.3) is 5.91 Å². The summed E-state index contributed by atoms with van der Waals surface area (Å²) in [4.78, 5) is 27.0. The van der Waals surface area contributed by atoms with Crippen LogP contribution < -0.4 is 0 Å². The fourth-order valence-electron chi connectivity index (χ4n) is 2.54. The third-order valence-electron chi connectivity index (χ3n) is 3.85. The van der Waals surface area contributed by atoms with E-state index in [9.17, 15) is 9.59 Å². The largest absolute Gasteiger partial charge is 0.445 e. The zero-order valence-electron chi connectivity index (χ0n) is 11.6. The van der Waals surface area contributed by atoms with Crippen molar-refractivity contribution < 1.29 is 14.3 Å². The number of amides is 1. The lowest BCUT2D eigenvalue weighted by molar-refractivity contribution is -0.148. The van der Waals surface area contributed by atoms with Gasteiger partial charge in [0.15, 0.2) is 6.10 Å². The highest BCUT2D eigenvalue weighted by atomic mass is 32.1. The molecule has 1 fully saturated rings. The Kier molecular flexibility index (Phi) is 3.93. The molecule has 1 aromatic heterocycles. The summed E-state index contributed by atoms with van der Waals surface area (Å²) in [5.74, 6) is -0.414. The van der Waals surface area contributed by atoms with E-state index >= 15 is 0 Å². The Morgan fingerprint density at radius 3 is 3.10 bits per heavy atom. The summed E-state index contributed by atoms with van der Waals surface area (Å²) in [5, 5.41) is 10.9. The van der Waals surface area contributed by atoms with Crippen LogP contribution in [0.2, 0.25) is 0 Å². The van der Waals surface area contributed by atoms with E-state index in [-0.39, 0.29) is 18.4 Å². The molecular formula is C15H16N2O3S. The lowest BCUT2D eigenvalue weighted by Gasteiger charge is -2.20. The second-order valence-corrected chi connectivity index (χ2v) is 6.47. The number of nitriles is 1. The number of carbonyl (C=O) groups is 2. The molecule has 0 saturated heterocycles. The minimum Gasteiger partial charge on any atom is -0.445 e. The van der Waals surface area contributed by atoms with Gasteiger partial charge in [-0.25, -0.2) is 0 Å². The maximum absolute atomic E-state index is 12.4. The maximum Gasteiger partial charge on any atom is 0.326 e. The van der Waals surface area contributed by atoms with Crippen LogP contribution in [0.25, 0.3) is 0 Å². The first-order valence-electron chi connectivity index (χ1n) is 7.14. The van der Waals surface area contributed by atoms with Crippen LogP contribution in [0.15, 0.2) is 11.4 Å². The Morgan fingerprint density at radius 1 is 1.57 bits per heavy atom. The van der Waals surface area contributed by atoms with Crippen LogP contribution in [0.5, 0.6) is 0 Å². The predicted octanol–water partition coefficient (Wildman–Crippen LogP) is 1.98. The van der Waals surface area contributed by atoms with Gasteiger partial charge in [0, 0.05) is 17.3 Å². The van der Waals surface area contributed by atoms with Crippen LogP contribution in [0.4, 0.5) is 0 Å². The van der Waals surface area contributed by atoms with Crippen molar-refractivity contribution in [2.24, 2.45) is 5.92 Å². The van der Waals surface area contributed by atoms with E-state index in [0.717, 1.165) is 30.6 Å². The third kappa shape index (κ3) is 3.08. The standard InChI is InChI=1S/C15H16N2O3S/c16-8-12(10-3-4-10)20-14(18)9-17-6-1-2-13-11(15(17)19)5-7-21-13/h5,7,10,12H,1-4,6,9H2. The average Bonchev–Trinajstić information content (AvgIpc) is 3.23. The number of nitrogens with zero attached hydrogens (tertiary/aromatic N) is 2. The van der Waals surface area contributed by atoms with Crippen LogP contribution in [-0.2, 0) is 16.0 Å². The summed E-state index contributed by atoms with van der Waals surface area (Å²) < 4.78 is 5.19. The van der Waals surface area contributed by atoms with E-state index in [1.165, 1.54) is 4.90 Å². The van der Waals surface area contributed by atoms with Crippen LogP contribution >= 0.6 is 11.3 Å². The Hall–Kier alpha value is -1.87. The summed E-state index contributed by atoms with van der Waals surface area (Å²) in [5.41, 5.74) is 0.698. The molecule has 0 bridgehead atoms. The molecule has 0 radical (unpaired) electrons. The van der Waals surface area contributed by atoms with Crippen molar-refractivity contribution in [1.82, 2.24) is 4.90 Å². The number of aryl methyl sites for hydroxylation is 1. The molecule has 2 heterocycles. The van der Waals surface area contributed by atoms with Gasteiger partial charge in [0.1, 0.15) is 12.6 Å². The summed E-state index contributed by atoms with van der Waals surface area (Å²) in [6.45, 7) is 0.481. The fourth-order valence-corrected chi connectivity index (χ4v) is 3.45. The van der Waals surface area contributed by atoms with E-state index in [1.807, 2.05) is 17.5 Å². The smallest absolute Gasteiger partial charge is 0.326 e. The van der Waals surface area contributed by atoms with Crippen LogP contribution in [-0.4, -0.2) is 36.0 Å². The topological polar surface area (TPSA) is 70.4 Å². The summed E-state index contributed by atoms with van der Waals surface area (Å²) in [7, 11) is 0. The fraction of sp³-hybridized carbons (Fsp3) is 0.533. The first-order valence-corrected chi connectivity index (χ1v) is 8.01. The zero-order chi connectivity index (χ0) is 14.8. The van der Waals surface area contributed by atoms with Gasteiger partial charge in [0.05, 0.1) is 5.56 Å². The normalized spacial score (nSPS) is 19.4. The molecule has 0 aromatic carbocycles. The van der Waals surface area contributed by atoms with Gasteiger partial charge < -0.3 is 9.64 Å². The average molecular weight is 304 g/mol. The van der Waals surface area contributed by atoms with Gasteiger partial charge in [-0.1, -0.05) is 0 Å². The molecule has 1 saturated carbocycles. The molecule has 2 aliphatic rings. The molecule has 1 atom stereocenters. The van der Waals surface area contributed by atoms with Crippen LogP contribution in [0.3, 0.4) is 0 Å². The van der Waals surface area contributed by atoms with Crippen molar-refractivity contribution in [1.29, 1.82) is 5.26 Å². The van der Waals surface area contributed by atoms with Gasteiger partial charge in [-0.3, -0.25) is 9.59 Å². The SMILES string of the molecule is N#CC(OC(=O)CN1CCCc2sccc2C1=O)C1CC1. The molecule has 1 aromatic rings. The first-order chi connectivity index (χ1) is 10.2. The minimum atomic E-state index is -0.656. The van der Waals surface area contributed by atoms with Crippen molar-refractivity contribution in [3.8, 4) is 6.07 Å². The van der Waals surface area contributed by atoms with Crippen molar-refractivity contribution in [3.05, 3.63) is 21.9 Å². The Labute approximate surface area is 127 Å². The summed E-state index contributed by atoms with van der Waals surface area (Å²) >= 11 is 1.58. The summed E-state index contributed by atoms with van der Waals surface area (Å²) in [6, 6.07) is 3.84. The third-order valence-corrected chi connectivity index (χ3v) is 4.83. The lowest BCUT2D eigenvalue weighted by atomic mass is 10.2. The highest BCUT2D eigenvalue weighted by molar-refractivity contribution is 7.10. The van der Waals surface area contributed by atoms with E-state index in [4.69, 9.17) is 10.00 Å². The van der Waals surface area contributed by atoms with Gasteiger partial charge >= 0.3 is 5.97 Å². The first kappa shape index (κ1) is 14.1. The Bertz CT molecular complexity index is 600. The molecule has 1 aliphatic carbocycles. The molecule has 1 aliphatic heterocycles. The molecule has 0 spiro atoms. The zero-order valence-corrected chi connectivity index (χ0v) is 12.4. The predicted molar refractivity (Wildman–Crippen MR) is 76.8 cm³/mol. The number of fused-ring (bicyclic) bond motifs is 1. The number of ether oxygens (including phenoxy) is 1. The van der Waals surface area contributed by atoms with E-state index < -0.39 is 12.1 Å².